The predicted octanol–water partition coefficient (Wildman–Crippen LogP) is -1.03. The van der Waals surface area contributed by atoms with Gasteiger partial charge < -0.3 is 24.8 Å². The number of benzene rings is 1. The number of hydrogen-bond donors (Lipinski definition) is 0. The maximum atomic E-state index is 2.99. The van der Waals surface area contributed by atoms with E-state index in [0.717, 1.165) is 6.42 Å². The number of rotatable bonds is 0. The SMILES string of the molecule is C[Si](C)=[Hf+2].Cc1c[cH-]c2ccccc12.[C-]1=CC=CC1.[Cl-].[Cl-]. The molecular weight excluding hydrogens is 482 g/mol. The molecule has 0 saturated carbocycles. The van der Waals surface area contributed by atoms with Gasteiger partial charge in [0.15, 0.2) is 0 Å². The van der Waals surface area contributed by atoms with Crippen molar-refractivity contribution in [2.75, 3.05) is 0 Å². The van der Waals surface area contributed by atoms with Crippen LogP contribution in [0.5, 0.6) is 0 Å². The molecule has 0 aromatic heterocycles. The van der Waals surface area contributed by atoms with Crippen LogP contribution in [0.3, 0.4) is 0 Å². The topological polar surface area (TPSA) is 0 Å². The third kappa shape index (κ3) is 10.3. The van der Waals surface area contributed by atoms with Crippen LogP contribution in [-0.2, 0) is 23.0 Å². The van der Waals surface area contributed by atoms with Crippen LogP contribution in [0.4, 0.5) is 0 Å². The predicted molar refractivity (Wildman–Crippen MR) is 83.3 cm³/mol. The van der Waals surface area contributed by atoms with E-state index in [1.807, 2.05) is 12.2 Å². The van der Waals surface area contributed by atoms with E-state index < -0.39 is 0 Å². The molecule has 3 rings (SSSR count). The molecule has 1 aliphatic carbocycles. The van der Waals surface area contributed by atoms with Gasteiger partial charge in [-0.15, -0.1) is 41.5 Å². The molecule has 0 nitrogen and oxygen atoms in total. The fourth-order valence-electron chi connectivity index (χ4n) is 1.65. The van der Waals surface area contributed by atoms with E-state index in [9.17, 15) is 0 Å². The zero-order valence-electron chi connectivity index (χ0n) is 12.7. The molecule has 0 radical (unpaired) electrons. The molecule has 0 spiro atoms. The van der Waals surface area contributed by atoms with E-state index in [-0.39, 0.29) is 30.3 Å². The quantitative estimate of drug-likeness (QED) is 0.320. The second-order valence-electron chi connectivity index (χ2n) is 4.61. The van der Waals surface area contributed by atoms with Crippen molar-refractivity contribution in [2.45, 2.75) is 26.4 Å². The van der Waals surface area contributed by atoms with Crippen LogP contribution in [0.2, 0.25) is 13.1 Å². The van der Waals surface area contributed by atoms with E-state index in [2.05, 4.69) is 68.6 Å². The number of aryl methyl sites for hydroxylation is 1. The average Bonchev–Trinajstić information content (AvgIpc) is 3.03. The van der Waals surface area contributed by atoms with Gasteiger partial charge >= 0.3 is 41.6 Å². The molecule has 0 atom stereocenters. The normalized spacial score (nSPS) is 10.5. The molecule has 2 aromatic carbocycles. The van der Waals surface area contributed by atoms with E-state index in [4.69, 9.17) is 0 Å². The second-order valence-corrected chi connectivity index (χ2v) is 17.4. The minimum absolute atomic E-state index is 0. The van der Waals surface area contributed by atoms with Crippen LogP contribution in [0.1, 0.15) is 12.0 Å². The summed E-state index contributed by atoms with van der Waals surface area (Å²) in [7, 11) is 0. The summed E-state index contributed by atoms with van der Waals surface area (Å²) in [6.45, 7) is 6.80. The molecule has 21 heavy (non-hydrogen) atoms. The van der Waals surface area contributed by atoms with Crippen molar-refractivity contribution in [3.8, 4) is 0 Å². The fourth-order valence-corrected chi connectivity index (χ4v) is 1.65. The van der Waals surface area contributed by atoms with Crippen molar-refractivity contribution in [3.63, 3.8) is 0 Å². The van der Waals surface area contributed by atoms with Crippen molar-refractivity contribution in [1.82, 2.24) is 0 Å². The Balaban J connectivity index is 0. The van der Waals surface area contributed by atoms with Crippen molar-refractivity contribution in [1.29, 1.82) is 0 Å². The Bertz CT molecular complexity index is 571. The first-order valence-electron chi connectivity index (χ1n) is 6.46. The van der Waals surface area contributed by atoms with Crippen LogP contribution in [0, 0.1) is 13.0 Å². The van der Waals surface area contributed by atoms with Gasteiger partial charge in [0, 0.05) is 0 Å². The molecular formula is C17H20Cl2HfSi-2. The molecule has 0 unspecified atom stereocenters. The zero-order valence-corrected chi connectivity index (χ0v) is 18.8. The maximum Gasteiger partial charge on any atom is -0.0809 e. The summed E-state index contributed by atoms with van der Waals surface area (Å²) in [6, 6.07) is 12.8. The van der Waals surface area contributed by atoms with Crippen molar-refractivity contribution >= 4 is 16.3 Å². The Morgan fingerprint density at radius 2 is 1.81 bits per heavy atom. The molecule has 0 bridgehead atoms. The molecule has 4 heteroatoms. The Hall–Kier alpha value is -0.0230. The molecule has 0 saturated heterocycles. The van der Waals surface area contributed by atoms with Gasteiger partial charge in [0.2, 0.25) is 0 Å². The Morgan fingerprint density at radius 1 is 1.19 bits per heavy atom. The Labute approximate surface area is 156 Å². The summed E-state index contributed by atoms with van der Waals surface area (Å²) in [5.74, 6) is 0. The van der Waals surface area contributed by atoms with Gasteiger partial charge in [-0.05, 0) is 0 Å². The number of allylic oxidation sites excluding steroid dienone is 4. The number of halogens is 2. The van der Waals surface area contributed by atoms with Crippen LogP contribution in [0.25, 0.3) is 10.8 Å². The first kappa shape index (κ1) is 23.2. The van der Waals surface area contributed by atoms with Crippen LogP contribution < -0.4 is 24.8 Å². The largest absolute Gasteiger partial charge is 1.00 e. The molecule has 0 fully saturated rings. The van der Waals surface area contributed by atoms with Crippen molar-refractivity contribution in [2.24, 2.45) is 0 Å². The summed E-state index contributed by atoms with van der Waals surface area (Å²) in [4.78, 5) is 0. The minimum Gasteiger partial charge on any atom is -1.00 e. The van der Waals surface area contributed by atoms with Crippen LogP contribution in [-0.4, -0.2) is 5.49 Å². The minimum atomic E-state index is 0. The molecule has 0 N–H and O–H groups in total. The fraction of sp³-hybridized carbons (Fsp3) is 0.235. The number of hydrogen-bond acceptors (Lipinski definition) is 0. The van der Waals surface area contributed by atoms with Gasteiger partial charge in [0.25, 0.3) is 0 Å². The maximum absolute atomic E-state index is 2.99. The first-order valence-corrected chi connectivity index (χ1v) is 14.3. The van der Waals surface area contributed by atoms with E-state index in [0.29, 0.717) is 0 Å². The van der Waals surface area contributed by atoms with Gasteiger partial charge in [-0.3, -0.25) is 6.08 Å². The molecule has 0 amide bonds. The molecule has 2 aromatic rings. The smallest absolute Gasteiger partial charge is 0.0809 e. The van der Waals surface area contributed by atoms with Crippen LogP contribution in [0.15, 0.2) is 54.6 Å². The summed E-state index contributed by atoms with van der Waals surface area (Å²) < 4.78 is 0. The van der Waals surface area contributed by atoms with Gasteiger partial charge in [-0.2, -0.15) is 17.7 Å². The molecule has 112 valence electrons. The first-order chi connectivity index (χ1) is 9.11. The monoisotopic (exact) mass is 502 g/mol. The van der Waals surface area contributed by atoms with E-state index in [1.54, 1.807) is 0 Å². The zero-order chi connectivity index (χ0) is 14.1. The summed E-state index contributed by atoms with van der Waals surface area (Å²) in [5.41, 5.74) is 1.63. The average molecular weight is 502 g/mol. The second kappa shape index (κ2) is 13.6. The molecule has 0 aliphatic heterocycles. The molecule has 0 heterocycles. The van der Waals surface area contributed by atoms with E-state index >= 15 is 0 Å². The summed E-state index contributed by atoms with van der Waals surface area (Å²) >= 11 is 1.45. The van der Waals surface area contributed by atoms with Gasteiger partial charge in [-0.1, -0.05) is 13.0 Å². The van der Waals surface area contributed by atoms with E-state index in [1.165, 1.54) is 39.3 Å². The van der Waals surface area contributed by atoms with Gasteiger partial charge in [-0.25, -0.2) is 12.2 Å². The summed E-state index contributed by atoms with van der Waals surface area (Å²) in [5, 5.41) is 2.72. The van der Waals surface area contributed by atoms with Crippen molar-refractivity contribution < 1.29 is 47.8 Å². The van der Waals surface area contributed by atoms with Crippen LogP contribution >= 0.6 is 0 Å². The third-order valence-corrected chi connectivity index (χ3v) is 2.48. The number of fused-ring (bicyclic) bond motifs is 1. The standard InChI is InChI=1S/C10H9.C5H5.C2H6Si.2ClH.Hf/c1-8-6-7-9-4-2-3-5-10(8)9;1-2-4-5-3-1;1-3-2;;;/h2-7H,1H3;1-3H,4H2;1-2H3;2*1H;/q2*-1;;;;+2/p-2. The van der Waals surface area contributed by atoms with Crippen molar-refractivity contribution in [3.05, 3.63) is 66.3 Å². The Morgan fingerprint density at radius 3 is 2.24 bits per heavy atom. The summed E-state index contributed by atoms with van der Waals surface area (Å²) in [6.07, 6.45) is 10.0. The van der Waals surface area contributed by atoms with Gasteiger partial charge in [0.1, 0.15) is 0 Å². The third-order valence-electron chi connectivity index (χ3n) is 2.48. The molecule has 1 aliphatic rings. The van der Waals surface area contributed by atoms with Gasteiger partial charge in [0.05, 0.1) is 0 Å². The Kier molecular flexibility index (Phi) is 15.1.